The number of halogens is 7. The van der Waals surface area contributed by atoms with E-state index in [-0.39, 0.29) is 5.56 Å². The second-order valence-corrected chi connectivity index (χ2v) is 5.01. The molecule has 0 fully saturated rings. The predicted molar refractivity (Wildman–Crippen MR) is 66.3 cm³/mol. The fourth-order valence-corrected chi connectivity index (χ4v) is 1.79. The Hall–Kier alpha value is -1.51. The second kappa shape index (κ2) is 5.94. The predicted octanol–water partition coefficient (Wildman–Crippen LogP) is 4.01. The number of aliphatic hydroxyl groups is 1. The van der Waals surface area contributed by atoms with E-state index in [9.17, 15) is 35.8 Å². The molecule has 0 aliphatic heterocycles. The average molecular weight is 333 g/mol. The molecule has 126 valence electrons. The van der Waals surface area contributed by atoms with Crippen LogP contribution in [0.2, 0.25) is 0 Å². The summed E-state index contributed by atoms with van der Waals surface area (Å²) in [5.74, 6) is 0. The van der Waals surface area contributed by atoms with Crippen molar-refractivity contribution >= 4 is 5.69 Å². The molecule has 0 aliphatic rings. The van der Waals surface area contributed by atoms with Crippen molar-refractivity contribution in [2.75, 3.05) is 19.0 Å². The Kier molecular flexibility index (Phi) is 5.01. The van der Waals surface area contributed by atoms with Gasteiger partial charge in [0, 0.05) is 26.2 Å². The first-order valence-corrected chi connectivity index (χ1v) is 6.07. The lowest BCUT2D eigenvalue weighted by atomic mass is 9.92. The molecule has 0 radical (unpaired) electrons. The molecule has 0 amide bonds. The molecule has 1 aromatic rings. The third-order valence-corrected chi connectivity index (χ3v) is 3.14. The Morgan fingerprint density at radius 3 is 1.91 bits per heavy atom. The zero-order chi connectivity index (χ0) is 17.3. The van der Waals surface area contributed by atoms with E-state index in [1.54, 1.807) is 14.1 Å². The number of rotatable bonds is 4. The van der Waals surface area contributed by atoms with E-state index < -0.39 is 30.5 Å². The highest BCUT2D eigenvalue weighted by Gasteiger charge is 2.72. The van der Waals surface area contributed by atoms with E-state index in [1.165, 1.54) is 23.1 Å². The van der Waals surface area contributed by atoms with Crippen molar-refractivity contribution < 1.29 is 35.8 Å². The molecule has 2 nitrogen and oxygen atoms in total. The molecule has 0 saturated heterocycles. The maximum atomic E-state index is 13.6. The SMILES string of the molecule is CN(C)c1cccc(C(O)CC(F)(C(F)(F)F)C(F)(F)F)c1. The third-order valence-electron chi connectivity index (χ3n) is 3.14. The molecule has 1 N–H and O–H groups in total. The van der Waals surface area contributed by atoms with Gasteiger partial charge in [0.05, 0.1) is 6.10 Å². The first-order valence-electron chi connectivity index (χ1n) is 6.07. The monoisotopic (exact) mass is 333 g/mol. The highest BCUT2D eigenvalue weighted by atomic mass is 19.4. The number of hydrogen-bond donors (Lipinski definition) is 1. The van der Waals surface area contributed by atoms with E-state index in [0.29, 0.717) is 5.69 Å². The van der Waals surface area contributed by atoms with E-state index in [2.05, 4.69) is 0 Å². The van der Waals surface area contributed by atoms with Crippen molar-refractivity contribution in [3.05, 3.63) is 29.8 Å². The molecule has 0 aliphatic carbocycles. The minimum absolute atomic E-state index is 0.235. The molecule has 0 bridgehead atoms. The van der Waals surface area contributed by atoms with Gasteiger partial charge in [0.15, 0.2) is 0 Å². The number of benzene rings is 1. The summed E-state index contributed by atoms with van der Waals surface area (Å²) >= 11 is 0. The molecule has 1 atom stereocenters. The standard InChI is InChI=1S/C13H14F7NO/c1-21(2)9-5-3-4-8(6-9)10(22)7-11(14,12(15,16)17)13(18,19)20/h3-6,10,22H,7H2,1-2H3. The van der Waals surface area contributed by atoms with Gasteiger partial charge in [-0.05, 0) is 17.7 Å². The molecule has 0 saturated carbocycles. The Morgan fingerprint density at radius 2 is 1.50 bits per heavy atom. The van der Waals surface area contributed by atoms with Crippen molar-refractivity contribution in [2.24, 2.45) is 0 Å². The van der Waals surface area contributed by atoms with Gasteiger partial charge in [0.2, 0.25) is 0 Å². The molecule has 9 heteroatoms. The van der Waals surface area contributed by atoms with Crippen LogP contribution in [0.4, 0.5) is 36.4 Å². The van der Waals surface area contributed by atoms with Gasteiger partial charge in [-0.15, -0.1) is 0 Å². The Bertz CT molecular complexity index is 496. The van der Waals surface area contributed by atoms with Gasteiger partial charge in [0.25, 0.3) is 0 Å². The van der Waals surface area contributed by atoms with Gasteiger partial charge < -0.3 is 10.0 Å². The average Bonchev–Trinajstić information content (AvgIpc) is 2.36. The molecule has 0 spiro atoms. The maximum absolute atomic E-state index is 13.6. The van der Waals surface area contributed by atoms with Crippen LogP contribution < -0.4 is 4.90 Å². The van der Waals surface area contributed by atoms with E-state index in [4.69, 9.17) is 0 Å². The lowest BCUT2D eigenvalue weighted by molar-refractivity contribution is -0.347. The first-order chi connectivity index (χ1) is 9.79. The highest BCUT2D eigenvalue weighted by molar-refractivity contribution is 5.47. The van der Waals surface area contributed by atoms with Crippen LogP contribution in [0.15, 0.2) is 24.3 Å². The largest absolute Gasteiger partial charge is 0.431 e. The molecule has 1 aromatic carbocycles. The molecule has 22 heavy (non-hydrogen) atoms. The van der Waals surface area contributed by atoms with Gasteiger partial charge in [-0.2, -0.15) is 26.3 Å². The summed E-state index contributed by atoms with van der Waals surface area (Å²) in [6.07, 6.45) is -16.8. The third kappa shape index (κ3) is 3.63. The van der Waals surface area contributed by atoms with E-state index >= 15 is 0 Å². The zero-order valence-electron chi connectivity index (χ0n) is 11.6. The van der Waals surface area contributed by atoms with Crippen LogP contribution in [0.3, 0.4) is 0 Å². The minimum Gasteiger partial charge on any atom is -0.388 e. The van der Waals surface area contributed by atoms with Gasteiger partial charge in [0.1, 0.15) is 0 Å². The number of hydrogen-bond acceptors (Lipinski definition) is 2. The van der Waals surface area contributed by atoms with Gasteiger partial charge >= 0.3 is 18.0 Å². The number of aliphatic hydroxyl groups excluding tert-OH is 1. The maximum Gasteiger partial charge on any atom is 0.431 e. The fourth-order valence-electron chi connectivity index (χ4n) is 1.79. The normalized spacial score (nSPS) is 14.8. The van der Waals surface area contributed by atoms with E-state index in [1.807, 2.05) is 0 Å². The van der Waals surface area contributed by atoms with Gasteiger partial charge in [-0.3, -0.25) is 0 Å². The van der Waals surface area contributed by atoms with Crippen LogP contribution in [-0.2, 0) is 0 Å². The molecule has 1 unspecified atom stereocenters. The molecule has 1 rings (SSSR count). The minimum atomic E-state index is -6.18. The molecule has 0 aromatic heterocycles. The van der Waals surface area contributed by atoms with Crippen molar-refractivity contribution in [3.8, 4) is 0 Å². The topological polar surface area (TPSA) is 23.5 Å². The van der Waals surface area contributed by atoms with Crippen LogP contribution in [0, 0.1) is 0 Å². The first kappa shape index (κ1) is 18.5. The summed E-state index contributed by atoms with van der Waals surface area (Å²) in [6.45, 7) is 0. The lowest BCUT2D eigenvalue weighted by Crippen LogP contribution is -2.54. The Balaban J connectivity index is 3.12. The van der Waals surface area contributed by atoms with Crippen molar-refractivity contribution in [1.29, 1.82) is 0 Å². The van der Waals surface area contributed by atoms with Crippen LogP contribution in [0.25, 0.3) is 0 Å². The number of alkyl halides is 7. The van der Waals surface area contributed by atoms with Crippen LogP contribution in [0.1, 0.15) is 18.1 Å². The van der Waals surface area contributed by atoms with Crippen molar-refractivity contribution in [3.63, 3.8) is 0 Å². The summed E-state index contributed by atoms with van der Waals surface area (Å²) in [7, 11) is 3.19. The van der Waals surface area contributed by atoms with Crippen molar-refractivity contribution in [1.82, 2.24) is 0 Å². The van der Waals surface area contributed by atoms with E-state index in [0.717, 1.165) is 6.07 Å². The van der Waals surface area contributed by atoms with Crippen LogP contribution in [0.5, 0.6) is 0 Å². The number of anilines is 1. The molecule has 0 heterocycles. The molecular formula is C13H14F7NO. The van der Waals surface area contributed by atoms with Gasteiger partial charge in [-0.25, -0.2) is 4.39 Å². The zero-order valence-corrected chi connectivity index (χ0v) is 11.6. The van der Waals surface area contributed by atoms with Crippen molar-refractivity contribution in [2.45, 2.75) is 30.5 Å². The second-order valence-electron chi connectivity index (χ2n) is 5.01. The summed E-state index contributed by atoms with van der Waals surface area (Å²) in [6, 6.07) is 5.20. The summed E-state index contributed by atoms with van der Waals surface area (Å²) in [5.41, 5.74) is -5.27. The van der Waals surface area contributed by atoms with Crippen LogP contribution >= 0.6 is 0 Å². The summed E-state index contributed by atoms with van der Waals surface area (Å²) in [4.78, 5) is 1.53. The fraction of sp³-hybridized carbons (Fsp3) is 0.538. The smallest absolute Gasteiger partial charge is 0.388 e. The lowest BCUT2D eigenvalue weighted by Gasteiger charge is -2.31. The number of nitrogens with zero attached hydrogens (tertiary/aromatic N) is 1. The molecular weight excluding hydrogens is 319 g/mol. The quantitative estimate of drug-likeness (QED) is 0.842. The summed E-state index contributed by atoms with van der Waals surface area (Å²) in [5, 5.41) is 9.63. The Morgan fingerprint density at radius 1 is 1.00 bits per heavy atom. The Labute approximate surface area is 122 Å². The highest BCUT2D eigenvalue weighted by Crippen LogP contribution is 2.50. The summed E-state index contributed by atoms with van der Waals surface area (Å²) < 4.78 is 88.4. The van der Waals surface area contributed by atoms with Crippen LogP contribution in [-0.4, -0.2) is 37.2 Å². The van der Waals surface area contributed by atoms with Gasteiger partial charge in [-0.1, -0.05) is 12.1 Å².